The molecular weight excluding hydrogens is 319 g/mol. The Bertz CT molecular complexity index is 751. The average molecular weight is 331 g/mol. The minimum atomic E-state index is -4.86. The lowest BCUT2D eigenvalue weighted by molar-refractivity contribution is -0.274. The number of aromatic amines is 1. The molecule has 0 unspecified atom stereocenters. The highest BCUT2D eigenvalue weighted by Gasteiger charge is 2.31. The van der Waals surface area contributed by atoms with E-state index in [1.807, 2.05) is 0 Å². The number of esters is 1. The molecule has 2 aromatic rings. The monoisotopic (exact) mass is 331 g/mol. The molecule has 23 heavy (non-hydrogen) atoms. The lowest BCUT2D eigenvalue weighted by atomic mass is 10.1. The van der Waals surface area contributed by atoms with Crippen LogP contribution in [0.4, 0.5) is 13.2 Å². The highest BCUT2D eigenvalue weighted by atomic mass is 19.4. The van der Waals surface area contributed by atoms with E-state index in [0.717, 1.165) is 12.1 Å². The first kappa shape index (κ1) is 16.7. The van der Waals surface area contributed by atoms with Crippen LogP contribution in [0.15, 0.2) is 18.2 Å². The van der Waals surface area contributed by atoms with Crippen molar-refractivity contribution in [2.75, 3.05) is 6.61 Å². The van der Waals surface area contributed by atoms with Crippen molar-refractivity contribution in [3.05, 3.63) is 29.5 Å². The van der Waals surface area contributed by atoms with Gasteiger partial charge in [0, 0.05) is 17.0 Å². The van der Waals surface area contributed by atoms with Crippen LogP contribution >= 0.6 is 0 Å². The van der Waals surface area contributed by atoms with Crippen LogP contribution in [0.25, 0.3) is 10.9 Å². The van der Waals surface area contributed by atoms with Crippen LogP contribution < -0.4 is 4.74 Å². The minimum Gasteiger partial charge on any atom is -0.477 e. The first-order valence-electron chi connectivity index (χ1n) is 6.50. The van der Waals surface area contributed by atoms with Crippen molar-refractivity contribution in [3.8, 4) is 5.75 Å². The molecule has 0 bridgehead atoms. The van der Waals surface area contributed by atoms with E-state index in [0.29, 0.717) is 5.39 Å². The number of nitrogens with one attached hydrogen (secondary N) is 1. The van der Waals surface area contributed by atoms with Crippen LogP contribution in [-0.4, -0.2) is 35.0 Å². The Hall–Kier alpha value is -2.71. The topological polar surface area (TPSA) is 88.6 Å². The van der Waals surface area contributed by atoms with Crippen LogP contribution in [0, 0.1) is 0 Å². The van der Waals surface area contributed by atoms with E-state index in [9.17, 15) is 27.9 Å². The Morgan fingerprint density at radius 1 is 1.30 bits per heavy atom. The number of alkyl halides is 3. The van der Waals surface area contributed by atoms with Crippen molar-refractivity contribution in [1.82, 2.24) is 4.98 Å². The highest BCUT2D eigenvalue weighted by Crippen LogP contribution is 2.30. The van der Waals surface area contributed by atoms with E-state index < -0.39 is 24.1 Å². The summed E-state index contributed by atoms with van der Waals surface area (Å²) in [5.74, 6) is -2.46. The normalized spacial score (nSPS) is 11.5. The van der Waals surface area contributed by atoms with Crippen LogP contribution in [-0.2, 0) is 16.0 Å². The third-order valence-corrected chi connectivity index (χ3v) is 2.95. The molecule has 0 saturated heterocycles. The fraction of sp³-hybridized carbons (Fsp3) is 0.286. The molecule has 6 nitrogen and oxygen atoms in total. The molecule has 1 heterocycles. The number of hydrogen-bond donors (Lipinski definition) is 2. The van der Waals surface area contributed by atoms with Gasteiger partial charge in [0.2, 0.25) is 0 Å². The fourth-order valence-electron chi connectivity index (χ4n) is 2.15. The van der Waals surface area contributed by atoms with Gasteiger partial charge in [0.15, 0.2) is 0 Å². The fourth-order valence-corrected chi connectivity index (χ4v) is 2.15. The Labute approximate surface area is 127 Å². The molecule has 2 N–H and O–H groups in total. The lowest BCUT2D eigenvalue weighted by Gasteiger charge is -2.08. The average Bonchev–Trinajstić information content (AvgIpc) is 2.75. The van der Waals surface area contributed by atoms with Gasteiger partial charge in [0.1, 0.15) is 11.4 Å². The lowest BCUT2D eigenvalue weighted by Crippen LogP contribution is -2.16. The zero-order valence-corrected chi connectivity index (χ0v) is 11.9. The maximum Gasteiger partial charge on any atom is 0.573 e. The van der Waals surface area contributed by atoms with Gasteiger partial charge in [-0.3, -0.25) is 4.79 Å². The second-order valence-corrected chi connectivity index (χ2v) is 4.52. The van der Waals surface area contributed by atoms with Crippen molar-refractivity contribution < 1.29 is 37.3 Å². The number of hydrogen-bond acceptors (Lipinski definition) is 4. The van der Waals surface area contributed by atoms with Gasteiger partial charge in [-0.1, -0.05) is 0 Å². The van der Waals surface area contributed by atoms with Crippen LogP contribution in [0.1, 0.15) is 23.0 Å². The molecule has 2 rings (SSSR count). The van der Waals surface area contributed by atoms with E-state index in [-0.39, 0.29) is 29.8 Å². The molecule has 1 aromatic heterocycles. The summed E-state index contributed by atoms with van der Waals surface area (Å²) in [6.45, 7) is 1.74. The zero-order chi connectivity index (χ0) is 17.2. The number of aromatic carboxylic acids is 1. The zero-order valence-electron chi connectivity index (χ0n) is 11.9. The quantitative estimate of drug-likeness (QED) is 0.823. The maximum absolute atomic E-state index is 12.2. The largest absolute Gasteiger partial charge is 0.573 e. The molecule has 0 saturated carbocycles. The van der Waals surface area contributed by atoms with Gasteiger partial charge < -0.3 is 19.6 Å². The number of halogens is 3. The number of fused-ring (bicyclic) bond motifs is 1. The van der Waals surface area contributed by atoms with Gasteiger partial charge in [0.25, 0.3) is 0 Å². The van der Waals surface area contributed by atoms with E-state index in [1.54, 1.807) is 6.92 Å². The summed E-state index contributed by atoms with van der Waals surface area (Å²) in [5, 5.41) is 9.48. The van der Waals surface area contributed by atoms with Gasteiger partial charge in [-0.15, -0.1) is 13.2 Å². The van der Waals surface area contributed by atoms with E-state index in [4.69, 9.17) is 4.74 Å². The second-order valence-electron chi connectivity index (χ2n) is 4.52. The number of carboxylic acid groups (broad SMARTS) is 1. The molecule has 0 fully saturated rings. The molecule has 0 atom stereocenters. The molecule has 0 aliphatic heterocycles. The first-order valence-corrected chi connectivity index (χ1v) is 6.50. The molecule has 0 aliphatic carbocycles. The molecule has 9 heteroatoms. The standard InChI is InChI=1S/C14H12F3NO5/c1-2-22-11(19)6-9-8-4-3-7(23-14(15,16)17)5-10(8)18-12(9)13(20)21/h3-5,18H,2,6H2,1H3,(H,20,21). The van der Waals surface area contributed by atoms with Crippen molar-refractivity contribution in [2.45, 2.75) is 19.7 Å². The van der Waals surface area contributed by atoms with Crippen molar-refractivity contribution in [2.24, 2.45) is 0 Å². The Balaban J connectivity index is 2.46. The predicted molar refractivity (Wildman–Crippen MR) is 72.3 cm³/mol. The third kappa shape index (κ3) is 3.93. The highest BCUT2D eigenvalue weighted by molar-refractivity contribution is 5.99. The number of benzene rings is 1. The Kier molecular flexibility index (Phi) is 4.48. The molecule has 124 valence electrons. The number of rotatable bonds is 5. The van der Waals surface area contributed by atoms with Crippen molar-refractivity contribution in [3.63, 3.8) is 0 Å². The number of carbonyl (C=O) groups is 2. The van der Waals surface area contributed by atoms with Crippen LogP contribution in [0.3, 0.4) is 0 Å². The maximum atomic E-state index is 12.2. The Morgan fingerprint density at radius 3 is 2.57 bits per heavy atom. The summed E-state index contributed by atoms with van der Waals surface area (Å²) in [5.41, 5.74) is -0.0230. The second kappa shape index (κ2) is 6.19. The van der Waals surface area contributed by atoms with E-state index in [2.05, 4.69) is 9.72 Å². The molecule has 0 aliphatic rings. The van der Waals surface area contributed by atoms with E-state index >= 15 is 0 Å². The van der Waals surface area contributed by atoms with Crippen LogP contribution in [0.5, 0.6) is 5.75 Å². The van der Waals surface area contributed by atoms with Gasteiger partial charge in [-0.05, 0) is 19.1 Å². The predicted octanol–water partition coefficient (Wildman–Crippen LogP) is 2.87. The molecule has 0 radical (unpaired) electrons. The van der Waals surface area contributed by atoms with Gasteiger partial charge in [-0.2, -0.15) is 0 Å². The number of carboxylic acids is 1. The van der Waals surface area contributed by atoms with Gasteiger partial charge >= 0.3 is 18.3 Å². The summed E-state index contributed by atoms with van der Waals surface area (Å²) in [6.07, 6.45) is -5.17. The summed E-state index contributed by atoms with van der Waals surface area (Å²) in [7, 11) is 0. The minimum absolute atomic E-state index is 0.114. The molecular formula is C14H12F3NO5. The van der Waals surface area contributed by atoms with Gasteiger partial charge in [0.05, 0.1) is 18.5 Å². The number of aromatic nitrogens is 1. The molecule has 0 amide bonds. The summed E-state index contributed by atoms with van der Waals surface area (Å²) in [4.78, 5) is 25.3. The van der Waals surface area contributed by atoms with Gasteiger partial charge in [-0.25, -0.2) is 4.79 Å². The SMILES string of the molecule is CCOC(=O)Cc1c(C(=O)O)[nH]c2cc(OC(F)(F)F)ccc12. The number of H-pyrrole nitrogens is 1. The number of carbonyl (C=O) groups excluding carboxylic acids is 1. The van der Waals surface area contributed by atoms with Crippen LogP contribution in [0.2, 0.25) is 0 Å². The third-order valence-electron chi connectivity index (χ3n) is 2.95. The molecule has 1 aromatic carbocycles. The smallest absolute Gasteiger partial charge is 0.477 e. The van der Waals surface area contributed by atoms with Crippen molar-refractivity contribution >= 4 is 22.8 Å². The first-order chi connectivity index (χ1) is 10.7. The van der Waals surface area contributed by atoms with Crippen molar-refractivity contribution in [1.29, 1.82) is 0 Å². The summed E-state index contributed by atoms with van der Waals surface area (Å²) >= 11 is 0. The summed E-state index contributed by atoms with van der Waals surface area (Å²) < 4.78 is 45.2. The van der Waals surface area contributed by atoms with E-state index in [1.165, 1.54) is 6.07 Å². The Morgan fingerprint density at radius 2 is 2.00 bits per heavy atom. The number of ether oxygens (including phenoxy) is 2. The molecule has 0 spiro atoms. The summed E-state index contributed by atoms with van der Waals surface area (Å²) in [6, 6.07) is 3.32.